The van der Waals surface area contributed by atoms with Gasteiger partial charge in [-0.05, 0) is 23.4 Å². The first-order chi connectivity index (χ1) is 9.28. The zero-order valence-electron chi connectivity index (χ0n) is 10.1. The van der Waals surface area contributed by atoms with Gasteiger partial charge in [-0.3, -0.25) is 9.69 Å². The molecule has 0 N–H and O–H groups in total. The van der Waals surface area contributed by atoms with Gasteiger partial charge < -0.3 is 0 Å². The number of alkyl halides is 1. The molecular weight excluding hydrogens is 282 g/mol. The van der Waals surface area contributed by atoms with Crippen LogP contribution in [0.3, 0.4) is 0 Å². The maximum absolute atomic E-state index is 11.9. The third-order valence-electron chi connectivity index (χ3n) is 3.08. The van der Waals surface area contributed by atoms with Crippen LogP contribution in [0.25, 0.3) is 10.6 Å². The molecule has 1 aliphatic heterocycles. The first-order valence-electron chi connectivity index (χ1n) is 6.01. The molecule has 6 heteroatoms. The maximum atomic E-state index is 11.9. The molecule has 1 fully saturated rings. The molecule has 0 radical (unpaired) electrons. The second-order valence-corrected chi connectivity index (χ2v) is 5.70. The largest absolute Gasteiger partial charge is 0.280 e. The molecule has 98 valence electrons. The van der Waals surface area contributed by atoms with Gasteiger partial charge in [-0.15, -0.1) is 22.9 Å². The standard InChI is InChI=1S/C13H12ClN3OS/c14-7-9-6-12(18)17(8-9)13-15-4-3-10(16-13)11-2-1-5-19-11/h1-5,9H,6-8H2. The number of hydrogen-bond acceptors (Lipinski definition) is 4. The van der Waals surface area contributed by atoms with E-state index in [1.54, 1.807) is 22.4 Å². The molecule has 0 saturated carbocycles. The Hall–Kier alpha value is -1.46. The first kappa shape index (κ1) is 12.6. The quantitative estimate of drug-likeness (QED) is 0.818. The highest BCUT2D eigenvalue weighted by atomic mass is 35.5. The van der Waals surface area contributed by atoms with Crippen molar-refractivity contribution in [3.8, 4) is 10.6 Å². The fourth-order valence-electron chi connectivity index (χ4n) is 2.12. The van der Waals surface area contributed by atoms with Crippen LogP contribution in [-0.4, -0.2) is 28.3 Å². The molecule has 0 aliphatic carbocycles. The van der Waals surface area contributed by atoms with E-state index >= 15 is 0 Å². The SMILES string of the molecule is O=C1CC(CCl)CN1c1nccc(-c2cccs2)n1. The number of carbonyl (C=O) groups excluding carboxylic acids is 1. The van der Waals surface area contributed by atoms with Crippen molar-refractivity contribution in [2.45, 2.75) is 6.42 Å². The molecule has 1 amide bonds. The van der Waals surface area contributed by atoms with Gasteiger partial charge in [-0.2, -0.15) is 0 Å². The van der Waals surface area contributed by atoms with E-state index < -0.39 is 0 Å². The number of rotatable bonds is 3. The number of amides is 1. The predicted octanol–water partition coefficient (Wildman–Crippen LogP) is 2.80. The molecule has 1 atom stereocenters. The smallest absolute Gasteiger partial charge is 0.232 e. The van der Waals surface area contributed by atoms with Crippen LogP contribution in [0.4, 0.5) is 5.95 Å². The van der Waals surface area contributed by atoms with Gasteiger partial charge in [0.05, 0.1) is 10.6 Å². The van der Waals surface area contributed by atoms with Crippen LogP contribution in [0.15, 0.2) is 29.8 Å². The minimum absolute atomic E-state index is 0.0500. The second-order valence-electron chi connectivity index (χ2n) is 4.45. The second kappa shape index (κ2) is 5.27. The van der Waals surface area contributed by atoms with Gasteiger partial charge in [0.1, 0.15) is 0 Å². The van der Waals surface area contributed by atoms with Crippen molar-refractivity contribution in [2.24, 2.45) is 5.92 Å². The normalized spacial score (nSPS) is 19.1. The number of nitrogens with zero attached hydrogens (tertiary/aromatic N) is 3. The molecule has 2 aromatic heterocycles. The lowest BCUT2D eigenvalue weighted by atomic mass is 10.2. The van der Waals surface area contributed by atoms with E-state index in [2.05, 4.69) is 9.97 Å². The van der Waals surface area contributed by atoms with E-state index in [1.807, 2.05) is 23.6 Å². The topological polar surface area (TPSA) is 46.1 Å². The summed E-state index contributed by atoms with van der Waals surface area (Å²) in [6, 6.07) is 5.84. The third-order valence-corrected chi connectivity index (χ3v) is 4.41. The van der Waals surface area contributed by atoms with Crippen molar-refractivity contribution in [3.05, 3.63) is 29.8 Å². The number of aromatic nitrogens is 2. The van der Waals surface area contributed by atoms with Crippen LogP contribution < -0.4 is 4.90 Å². The van der Waals surface area contributed by atoms with Gasteiger partial charge in [-0.1, -0.05) is 6.07 Å². The molecule has 0 aromatic carbocycles. The lowest BCUT2D eigenvalue weighted by Gasteiger charge is -2.14. The van der Waals surface area contributed by atoms with Crippen LogP contribution in [0, 0.1) is 5.92 Å². The van der Waals surface area contributed by atoms with E-state index in [9.17, 15) is 4.79 Å². The molecular formula is C13H12ClN3OS. The molecule has 0 bridgehead atoms. The molecule has 1 unspecified atom stereocenters. The number of thiophene rings is 1. The molecule has 1 aliphatic rings. The van der Waals surface area contributed by atoms with Crippen LogP contribution >= 0.6 is 22.9 Å². The molecule has 1 saturated heterocycles. The van der Waals surface area contributed by atoms with Crippen LogP contribution in [0.1, 0.15) is 6.42 Å². The number of halogens is 1. The lowest BCUT2D eigenvalue weighted by Crippen LogP contribution is -2.26. The molecule has 2 aromatic rings. The Morgan fingerprint density at radius 3 is 3.05 bits per heavy atom. The summed E-state index contributed by atoms with van der Waals surface area (Å²) in [6.07, 6.45) is 2.18. The van der Waals surface area contributed by atoms with Crippen molar-refractivity contribution in [2.75, 3.05) is 17.3 Å². The Bertz CT molecular complexity index is 587. The average Bonchev–Trinajstić information content (AvgIpc) is 3.08. The summed E-state index contributed by atoms with van der Waals surface area (Å²) in [4.78, 5) is 23.3. The van der Waals surface area contributed by atoms with Crippen molar-refractivity contribution in [1.82, 2.24) is 9.97 Å². The van der Waals surface area contributed by atoms with Crippen LogP contribution in [-0.2, 0) is 4.79 Å². The maximum Gasteiger partial charge on any atom is 0.232 e. The van der Waals surface area contributed by atoms with Crippen molar-refractivity contribution >= 4 is 34.8 Å². The Morgan fingerprint density at radius 1 is 1.47 bits per heavy atom. The number of hydrogen-bond donors (Lipinski definition) is 0. The fraction of sp³-hybridized carbons (Fsp3) is 0.308. The Kier molecular flexibility index (Phi) is 3.48. The highest BCUT2D eigenvalue weighted by Gasteiger charge is 2.31. The van der Waals surface area contributed by atoms with Gasteiger partial charge in [0, 0.05) is 25.0 Å². The monoisotopic (exact) mass is 293 g/mol. The van der Waals surface area contributed by atoms with Crippen LogP contribution in [0.5, 0.6) is 0 Å². The molecule has 4 nitrogen and oxygen atoms in total. The summed E-state index contributed by atoms with van der Waals surface area (Å²) in [5.41, 5.74) is 0.849. The van der Waals surface area contributed by atoms with E-state index in [4.69, 9.17) is 11.6 Å². The zero-order chi connectivity index (χ0) is 13.2. The van der Waals surface area contributed by atoms with Gasteiger partial charge in [0.15, 0.2) is 0 Å². The Morgan fingerprint density at radius 2 is 2.37 bits per heavy atom. The summed E-state index contributed by atoms with van der Waals surface area (Å²) in [5.74, 6) is 1.22. The minimum Gasteiger partial charge on any atom is -0.280 e. The summed E-state index contributed by atoms with van der Waals surface area (Å²) in [5, 5.41) is 2.00. The zero-order valence-corrected chi connectivity index (χ0v) is 11.7. The van der Waals surface area contributed by atoms with Crippen molar-refractivity contribution < 1.29 is 4.79 Å². The molecule has 3 rings (SSSR count). The highest BCUT2D eigenvalue weighted by molar-refractivity contribution is 7.13. The van der Waals surface area contributed by atoms with Gasteiger partial charge in [0.2, 0.25) is 11.9 Å². The van der Waals surface area contributed by atoms with E-state index in [-0.39, 0.29) is 11.8 Å². The van der Waals surface area contributed by atoms with Gasteiger partial charge in [0.25, 0.3) is 0 Å². The van der Waals surface area contributed by atoms with Gasteiger partial charge >= 0.3 is 0 Å². The lowest BCUT2D eigenvalue weighted by molar-refractivity contribution is -0.117. The van der Waals surface area contributed by atoms with Crippen molar-refractivity contribution in [3.63, 3.8) is 0 Å². The average molecular weight is 294 g/mol. The summed E-state index contributed by atoms with van der Waals surface area (Å²) in [6.45, 7) is 0.607. The highest BCUT2D eigenvalue weighted by Crippen LogP contribution is 2.27. The minimum atomic E-state index is 0.0500. The van der Waals surface area contributed by atoms with E-state index in [1.165, 1.54) is 0 Å². The van der Waals surface area contributed by atoms with E-state index in [0.29, 0.717) is 24.8 Å². The van der Waals surface area contributed by atoms with Gasteiger partial charge in [-0.25, -0.2) is 9.97 Å². The Balaban J connectivity index is 1.90. The van der Waals surface area contributed by atoms with E-state index in [0.717, 1.165) is 10.6 Å². The number of carbonyl (C=O) groups is 1. The van der Waals surface area contributed by atoms with Crippen LogP contribution in [0.2, 0.25) is 0 Å². The van der Waals surface area contributed by atoms with Crippen molar-refractivity contribution in [1.29, 1.82) is 0 Å². The predicted molar refractivity (Wildman–Crippen MR) is 76.5 cm³/mol. The summed E-state index contributed by atoms with van der Waals surface area (Å²) in [7, 11) is 0. The fourth-order valence-corrected chi connectivity index (χ4v) is 3.02. The summed E-state index contributed by atoms with van der Waals surface area (Å²) >= 11 is 7.44. The first-order valence-corrected chi connectivity index (χ1v) is 7.42. The molecule has 3 heterocycles. The Labute approximate surface area is 120 Å². The third kappa shape index (κ3) is 2.48. The number of anilines is 1. The molecule has 0 spiro atoms. The molecule has 19 heavy (non-hydrogen) atoms. The summed E-state index contributed by atoms with van der Waals surface area (Å²) < 4.78 is 0.